The molecule has 3 atom stereocenters. The first-order chi connectivity index (χ1) is 8.25. The Morgan fingerprint density at radius 3 is 2.82 bits per heavy atom. The van der Waals surface area contributed by atoms with Crippen LogP contribution in [0, 0.1) is 5.92 Å². The second kappa shape index (κ2) is 3.95. The highest BCUT2D eigenvalue weighted by molar-refractivity contribution is 5.73. The van der Waals surface area contributed by atoms with Gasteiger partial charge in [-0.1, -0.05) is 25.1 Å². The van der Waals surface area contributed by atoms with E-state index in [4.69, 9.17) is 4.74 Å². The van der Waals surface area contributed by atoms with Gasteiger partial charge in [-0.15, -0.1) is 0 Å². The number of ether oxygens (including phenoxy) is 1. The minimum absolute atomic E-state index is 0.0301. The third-order valence-electron chi connectivity index (χ3n) is 3.65. The number of nitrogens with one attached hydrogen (secondary N) is 1. The van der Waals surface area contributed by atoms with Gasteiger partial charge < -0.3 is 10.1 Å². The van der Waals surface area contributed by atoms with Crippen molar-refractivity contribution in [1.29, 1.82) is 0 Å². The van der Waals surface area contributed by atoms with E-state index in [0.29, 0.717) is 12.0 Å². The summed E-state index contributed by atoms with van der Waals surface area (Å²) in [6.07, 6.45) is 0.777. The number of carbonyl (C=O) groups is 1. The third kappa shape index (κ3) is 1.73. The lowest BCUT2D eigenvalue weighted by Gasteiger charge is -2.49. The van der Waals surface area contributed by atoms with Gasteiger partial charge >= 0.3 is 6.09 Å². The Hall–Kier alpha value is -1.71. The van der Waals surface area contributed by atoms with Gasteiger partial charge in [0, 0.05) is 24.2 Å². The first kappa shape index (κ1) is 10.4. The molecule has 2 aliphatic heterocycles. The molecule has 2 fully saturated rings. The second-order valence-corrected chi connectivity index (χ2v) is 4.73. The molecule has 0 spiro atoms. The second-order valence-electron chi connectivity index (χ2n) is 4.73. The average molecular weight is 232 g/mol. The first-order valence-corrected chi connectivity index (χ1v) is 6.04. The average Bonchev–Trinajstić information content (AvgIpc) is 2.34. The van der Waals surface area contributed by atoms with E-state index in [1.54, 1.807) is 0 Å². The number of carbonyl (C=O) groups excluding carboxylic acids is 1. The monoisotopic (exact) mass is 232 g/mol. The van der Waals surface area contributed by atoms with Gasteiger partial charge in [-0.3, -0.25) is 4.90 Å². The molecular weight excluding hydrogens is 216 g/mol. The number of hydrogen-bond donors (Lipinski definition) is 1. The van der Waals surface area contributed by atoms with E-state index in [9.17, 15) is 4.79 Å². The van der Waals surface area contributed by atoms with Crippen LogP contribution in [-0.4, -0.2) is 29.8 Å². The van der Waals surface area contributed by atoms with E-state index in [2.05, 4.69) is 24.4 Å². The van der Waals surface area contributed by atoms with Crippen molar-refractivity contribution in [1.82, 2.24) is 4.90 Å². The molecule has 4 nitrogen and oxygen atoms in total. The number of nitrogens with zero attached hydrogens (tertiary/aromatic N) is 1. The summed E-state index contributed by atoms with van der Waals surface area (Å²) in [6.45, 7) is 2.92. The summed E-state index contributed by atoms with van der Waals surface area (Å²) in [5, 5.41) is 3.51. The predicted molar refractivity (Wildman–Crippen MR) is 64.6 cm³/mol. The molecule has 2 aliphatic rings. The van der Waals surface area contributed by atoms with Crippen LogP contribution >= 0.6 is 0 Å². The molecule has 2 heterocycles. The molecule has 0 bridgehead atoms. The maximum Gasteiger partial charge on any atom is 0.414 e. The Morgan fingerprint density at radius 1 is 1.35 bits per heavy atom. The van der Waals surface area contributed by atoms with Gasteiger partial charge in [-0.2, -0.15) is 0 Å². The summed E-state index contributed by atoms with van der Waals surface area (Å²) < 4.78 is 5.17. The van der Waals surface area contributed by atoms with Crippen LogP contribution in [0.3, 0.4) is 0 Å². The van der Waals surface area contributed by atoms with Crippen LogP contribution in [0.25, 0.3) is 0 Å². The maximum absolute atomic E-state index is 11.2. The van der Waals surface area contributed by atoms with Gasteiger partial charge in [0.05, 0.1) is 0 Å². The Balaban J connectivity index is 1.67. The largest absolute Gasteiger partial charge is 0.425 e. The molecule has 0 saturated carbocycles. The molecule has 3 rings (SSSR count). The quantitative estimate of drug-likeness (QED) is 0.850. The van der Waals surface area contributed by atoms with Gasteiger partial charge in [0.2, 0.25) is 0 Å². The summed E-state index contributed by atoms with van der Waals surface area (Å²) in [7, 11) is 0. The molecule has 2 saturated heterocycles. The van der Waals surface area contributed by atoms with Crippen LogP contribution in [0.1, 0.15) is 13.3 Å². The minimum atomic E-state index is -0.167. The van der Waals surface area contributed by atoms with E-state index in [0.717, 1.165) is 18.7 Å². The molecule has 4 heteroatoms. The summed E-state index contributed by atoms with van der Waals surface area (Å²) in [6, 6.07) is 10.5. The SMILES string of the molecule is CC1C(Nc2ccccc2)CCN2C(=O)OC12. The molecular formula is C13H16N2O2. The van der Waals surface area contributed by atoms with E-state index >= 15 is 0 Å². The number of benzene rings is 1. The van der Waals surface area contributed by atoms with Crippen molar-refractivity contribution in [3.8, 4) is 0 Å². The van der Waals surface area contributed by atoms with Crippen LogP contribution in [0.15, 0.2) is 30.3 Å². The number of fused-ring (bicyclic) bond motifs is 1. The lowest BCUT2D eigenvalue weighted by molar-refractivity contribution is -0.142. The van der Waals surface area contributed by atoms with Crippen molar-refractivity contribution >= 4 is 11.8 Å². The van der Waals surface area contributed by atoms with Crippen LogP contribution in [-0.2, 0) is 4.74 Å². The van der Waals surface area contributed by atoms with Crippen molar-refractivity contribution in [2.75, 3.05) is 11.9 Å². The van der Waals surface area contributed by atoms with Crippen molar-refractivity contribution < 1.29 is 9.53 Å². The molecule has 1 N–H and O–H groups in total. The van der Waals surface area contributed by atoms with Crippen LogP contribution in [0.4, 0.5) is 10.5 Å². The summed E-state index contributed by atoms with van der Waals surface area (Å²) in [4.78, 5) is 13.0. The van der Waals surface area contributed by atoms with Gasteiger partial charge in [-0.25, -0.2) is 4.79 Å². The fourth-order valence-electron chi connectivity index (χ4n) is 2.59. The van der Waals surface area contributed by atoms with Crippen LogP contribution in [0.5, 0.6) is 0 Å². The number of anilines is 1. The number of rotatable bonds is 2. The fourth-order valence-corrected chi connectivity index (χ4v) is 2.59. The highest BCUT2D eigenvalue weighted by atomic mass is 16.6. The summed E-state index contributed by atoms with van der Waals surface area (Å²) in [5.74, 6) is 0.321. The third-order valence-corrected chi connectivity index (χ3v) is 3.65. The molecule has 0 radical (unpaired) electrons. The zero-order chi connectivity index (χ0) is 11.8. The number of hydrogen-bond acceptors (Lipinski definition) is 3. The predicted octanol–water partition coefficient (Wildman–Crippen LogP) is 2.29. The van der Waals surface area contributed by atoms with Crippen molar-refractivity contribution in [2.45, 2.75) is 25.6 Å². The lowest BCUT2D eigenvalue weighted by atomic mass is 9.90. The van der Waals surface area contributed by atoms with E-state index < -0.39 is 0 Å². The van der Waals surface area contributed by atoms with Crippen molar-refractivity contribution in [2.24, 2.45) is 5.92 Å². The van der Waals surface area contributed by atoms with Gasteiger partial charge in [0.1, 0.15) is 0 Å². The zero-order valence-corrected chi connectivity index (χ0v) is 9.80. The Labute approximate surface area is 101 Å². The minimum Gasteiger partial charge on any atom is -0.425 e. The van der Waals surface area contributed by atoms with Gasteiger partial charge in [-0.05, 0) is 18.6 Å². The van der Waals surface area contributed by atoms with Crippen molar-refractivity contribution in [3.05, 3.63) is 30.3 Å². The van der Waals surface area contributed by atoms with Crippen molar-refractivity contribution in [3.63, 3.8) is 0 Å². The topological polar surface area (TPSA) is 41.6 Å². The van der Waals surface area contributed by atoms with Gasteiger partial charge in [0.25, 0.3) is 0 Å². The fraction of sp³-hybridized carbons (Fsp3) is 0.462. The molecule has 3 unspecified atom stereocenters. The maximum atomic E-state index is 11.2. The normalized spacial score (nSPS) is 31.2. The smallest absolute Gasteiger partial charge is 0.414 e. The first-order valence-electron chi connectivity index (χ1n) is 6.04. The number of amides is 1. The van der Waals surface area contributed by atoms with E-state index in [-0.39, 0.29) is 12.3 Å². The Kier molecular flexibility index (Phi) is 2.42. The molecule has 1 amide bonds. The van der Waals surface area contributed by atoms with E-state index in [1.807, 2.05) is 23.1 Å². The highest BCUT2D eigenvalue weighted by Crippen LogP contribution is 2.33. The van der Waals surface area contributed by atoms with Gasteiger partial charge in [0.15, 0.2) is 6.23 Å². The standard InChI is InChI=1S/C13H16N2O2/c1-9-11(14-10-5-3-2-4-6-10)7-8-15-12(9)17-13(15)16/h2-6,9,11-12,14H,7-8H2,1H3. The molecule has 1 aromatic carbocycles. The lowest BCUT2D eigenvalue weighted by Crippen LogP contribution is -2.64. The number of piperidine rings is 1. The zero-order valence-electron chi connectivity index (χ0n) is 9.80. The molecule has 17 heavy (non-hydrogen) atoms. The molecule has 90 valence electrons. The summed E-state index contributed by atoms with van der Waals surface area (Å²) >= 11 is 0. The van der Waals surface area contributed by atoms with E-state index in [1.165, 1.54) is 0 Å². The number of para-hydroxylation sites is 1. The molecule has 0 aliphatic carbocycles. The Bertz CT molecular complexity index is 421. The molecule has 0 aromatic heterocycles. The highest BCUT2D eigenvalue weighted by Gasteiger charge is 2.47. The van der Waals surface area contributed by atoms with Crippen LogP contribution in [0.2, 0.25) is 0 Å². The Morgan fingerprint density at radius 2 is 2.12 bits per heavy atom. The summed E-state index contributed by atoms with van der Waals surface area (Å²) in [5.41, 5.74) is 1.13. The van der Waals surface area contributed by atoms with Crippen LogP contribution < -0.4 is 5.32 Å². The molecule has 1 aromatic rings.